The third kappa shape index (κ3) is 2.16. The largest absolute Gasteiger partial charge is 0.370 e. The topological polar surface area (TPSA) is 12.5 Å². The van der Waals surface area contributed by atoms with Crippen molar-refractivity contribution in [2.75, 3.05) is 6.61 Å². The van der Waals surface area contributed by atoms with Crippen LogP contribution in [-0.4, -0.2) is 12.2 Å². The maximum atomic E-state index is 6.02. The minimum atomic E-state index is 0.0114. The van der Waals surface area contributed by atoms with E-state index in [4.69, 9.17) is 27.9 Å². The second-order valence-corrected chi connectivity index (χ2v) is 4.49. The lowest BCUT2D eigenvalue weighted by Crippen LogP contribution is -2.08. The number of hydrogen-bond donors (Lipinski definition) is 0. The summed E-state index contributed by atoms with van der Waals surface area (Å²) in [6.45, 7) is 2.91. The Hall–Kier alpha value is -0.240. The van der Waals surface area contributed by atoms with Crippen LogP contribution in [0.2, 0.25) is 10.0 Å². The summed E-state index contributed by atoms with van der Waals surface area (Å²) in [5.74, 6) is 0. The van der Waals surface area contributed by atoms with Crippen LogP contribution in [0.25, 0.3) is 0 Å². The lowest BCUT2D eigenvalue weighted by atomic mass is 10.0. The van der Waals surface area contributed by atoms with E-state index in [9.17, 15) is 0 Å². The third-order valence-corrected chi connectivity index (χ3v) is 2.80. The minimum Gasteiger partial charge on any atom is -0.370 e. The molecule has 0 aliphatic carbocycles. The van der Waals surface area contributed by atoms with Crippen molar-refractivity contribution in [1.29, 1.82) is 0 Å². The molecule has 0 N–H and O–H groups in total. The first kappa shape index (κ1) is 9.32. The molecule has 1 aromatic carbocycles. The van der Waals surface area contributed by atoms with Crippen LogP contribution in [0.5, 0.6) is 0 Å². The van der Waals surface area contributed by atoms with Gasteiger partial charge in [0.25, 0.3) is 0 Å². The summed E-state index contributed by atoms with van der Waals surface area (Å²) in [7, 11) is 0. The standard InChI is InChI=1S/C10H10Cl2O/c1-10(6-13-10)5-7-2-3-8(11)4-9(7)12/h2-4H,5-6H2,1H3. The highest BCUT2D eigenvalue weighted by Crippen LogP contribution is 2.33. The van der Waals surface area contributed by atoms with Crippen LogP contribution in [0.15, 0.2) is 18.2 Å². The van der Waals surface area contributed by atoms with Crippen molar-refractivity contribution in [1.82, 2.24) is 0 Å². The third-order valence-electron chi connectivity index (χ3n) is 2.22. The SMILES string of the molecule is CC1(Cc2ccc(Cl)cc2Cl)CO1. The molecule has 1 fully saturated rings. The van der Waals surface area contributed by atoms with E-state index >= 15 is 0 Å². The molecule has 1 aliphatic heterocycles. The molecule has 0 aromatic heterocycles. The van der Waals surface area contributed by atoms with E-state index < -0.39 is 0 Å². The predicted molar refractivity (Wildman–Crippen MR) is 54.5 cm³/mol. The van der Waals surface area contributed by atoms with Crippen molar-refractivity contribution < 1.29 is 4.74 Å². The molecule has 0 radical (unpaired) electrons. The van der Waals surface area contributed by atoms with Gasteiger partial charge in [0.2, 0.25) is 0 Å². The molecular formula is C10H10Cl2O. The van der Waals surface area contributed by atoms with E-state index in [1.54, 1.807) is 6.07 Å². The van der Waals surface area contributed by atoms with Crippen molar-refractivity contribution in [2.24, 2.45) is 0 Å². The monoisotopic (exact) mass is 216 g/mol. The molecule has 1 atom stereocenters. The van der Waals surface area contributed by atoms with Gasteiger partial charge in [-0.25, -0.2) is 0 Å². The summed E-state index contributed by atoms with van der Waals surface area (Å²) >= 11 is 11.8. The highest BCUT2D eigenvalue weighted by Gasteiger charge is 2.39. The summed E-state index contributed by atoms with van der Waals surface area (Å²) in [4.78, 5) is 0. The molecule has 1 nitrogen and oxygen atoms in total. The van der Waals surface area contributed by atoms with Gasteiger partial charge in [-0.1, -0.05) is 29.3 Å². The lowest BCUT2D eigenvalue weighted by molar-refractivity contribution is 0.322. The molecule has 2 rings (SSSR count). The van der Waals surface area contributed by atoms with Gasteiger partial charge in [-0.2, -0.15) is 0 Å². The Bertz CT molecular complexity index is 332. The van der Waals surface area contributed by atoms with Crippen LogP contribution in [-0.2, 0) is 11.2 Å². The second kappa shape index (κ2) is 3.16. The number of rotatable bonds is 2. The molecule has 3 heteroatoms. The number of halogens is 2. The van der Waals surface area contributed by atoms with Gasteiger partial charge in [0, 0.05) is 16.5 Å². The van der Waals surface area contributed by atoms with E-state index in [-0.39, 0.29) is 5.60 Å². The highest BCUT2D eigenvalue weighted by atomic mass is 35.5. The molecule has 1 aliphatic rings. The smallest absolute Gasteiger partial charge is 0.0929 e. The van der Waals surface area contributed by atoms with Gasteiger partial charge in [-0.05, 0) is 24.6 Å². The highest BCUT2D eigenvalue weighted by molar-refractivity contribution is 6.35. The first-order valence-electron chi connectivity index (χ1n) is 4.17. The molecule has 1 heterocycles. The van der Waals surface area contributed by atoms with Gasteiger partial charge in [-0.15, -0.1) is 0 Å². The quantitative estimate of drug-likeness (QED) is 0.692. The Balaban J connectivity index is 2.20. The van der Waals surface area contributed by atoms with Crippen LogP contribution in [0.1, 0.15) is 12.5 Å². The zero-order chi connectivity index (χ0) is 9.47. The fourth-order valence-electron chi connectivity index (χ4n) is 1.29. The number of hydrogen-bond acceptors (Lipinski definition) is 1. The Kier molecular flexibility index (Phi) is 2.26. The van der Waals surface area contributed by atoms with Crippen LogP contribution in [0.3, 0.4) is 0 Å². The molecule has 1 aromatic rings. The summed E-state index contributed by atoms with van der Waals surface area (Å²) < 4.78 is 5.29. The molecule has 0 spiro atoms. The van der Waals surface area contributed by atoms with E-state index in [1.807, 2.05) is 12.1 Å². The average molecular weight is 217 g/mol. The van der Waals surface area contributed by atoms with Crippen molar-refractivity contribution in [3.63, 3.8) is 0 Å². The Labute approximate surface area is 87.6 Å². The molecule has 1 saturated heterocycles. The van der Waals surface area contributed by atoms with Crippen molar-refractivity contribution >= 4 is 23.2 Å². The van der Waals surface area contributed by atoms with E-state index in [2.05, 4.69) is 6.92 Å². The number of benzene rings is 1. The lowest BCUT2D eigenvalue weighted by Gasteiger charge is -2.07. The van der Waals surface area contributed by atoms with Crippen LogP contribution >= 0.6 is 23.2 Å². The molecule has 70 valence electrons. The maximum absolute atomic E-state index is 6.02. The molecule has 0 saturated carbocycles. The summed E-state index contributed by atoms with van der Waals surface area (Å²) in [5.41, 5.74) is 1.11. The maximum Gasteiger partial charge on any atom is 0.0929 e. The minimum absolute atomic E-state index is 0.0114. The summed E-state index contributed by atoms with van der Waals surface area (Å²) in [5, 5.41) is 1.40. The van der Waals surface area contributed by atoms with Crippen molar-refractivity contribution in [3.05, 3.63) is 33.8 Å². The van der Waals surface area contributed by atoms with E-state index in [0.717, 1.165) is 23.6 Å². The van der Waals surface area contributed by atoms with Gasteiger partial charge >= 0.3 is 0 Å². The zero-order valence-corrected chi connectivity index (χ0v) is 8.82. The van der Waals surface area contributed by atoms with Gasteiger partial charge in [0.1, 0.15) is 0 Å². The normalized spacial score (nSPS) is 26.1. The van der Waals surface area contributed by atoms with Crippen molar-refractivity contribution in [2.45, 2.75) is 18.9 Å². The van der Waals surface area contributed by atoms with Crippen LogP contribution < -0.4 is 0 Å². The average Bonchev–Trinajstić information content (AvgIpc) is 2.75. The fourth-order valence-corrected chi connectivity index (χ4v) is 1.77. The zero-order valence-electron chi connectivity index (χ0n) is 7.31. The molecule has 0 bridgehead atoms. The number of epoxide rings is 1. The molecular weight excluding hydrogens is 207 g/mol. The Morgan fingerprint density at radius 1 is 1.46 bits per heavy atom. The van der Waals surface area contributed by atoms with Crippen molar-refractivity contribution in [3.8, 4) is 0 Å². The van der Waals surface area contributed by atoms with Gasteiger partial charge < -0.3 is 4.74 Å². The Morgan fingerprint density at radius 2 is 2.15 bits per heavy atom. The van der Waals surface area contributed by atoms with Gasteiger partial charge in [-0.3, -0.25) is 0 Å². The first-order chi connectivity index (χ1) is 6.09. The second-order valence-electron chi connectivity index (χ2n) is 3.65. The van der Waals surface area contributed by atoms with Crippen LogP contribution in [0.4, 0.5) is 0 Å². The summed E-state index contributed by atoms with van der Waals surface area (Å²) in [6, 6.07) is 5.58. The Morgan fingerprint density at radius 3 is 2.69 bits per heavy atom. The predicted octanol–water partition coefficient (Wildman–Crippen LogP) is 3.32. The fraction of sp³-hybridized carbons (Fsp3) is 0.400. The molecule has 1 unspecified atom stereocenters. The van der Waals surface area contributed by atoms with E-state index in [0.29, 0.717) is 5.02 Å². The number of ether oxygens (including phenoxy) is 1. The van der Waals surface area contributed by atoms with Crippen LogP contribution in [0, 0.1) is 0 Å². The first-order valence-corrected chi connectivity index (χ1v) is 4.93. The molecule has 0 amide bonds. The molecule has 13 heavy (non-hydrogen) atoms. The van der Waals surface area contributed by atoms with E-state index in [1.165, 1.54) is 0 Å². The van der Waals surface area contributed by atoms with Gasteiger partial charge in [0.15, 0.2) is 0 Å². The summed E-state index contributed by atoms with van der Waals surface area (Å²) in [6.07, 6.45) is 0.864. The van der Waals surface area contributed by atoms with Gasteiger partial charge in [0.05, 0.1) is 12.2 Å².